The van der Waals surface area contributed by atoms with Gasteiger partial charge in [0.1, 0.15) is 5.82 Å². The van der Waals surface area contributed by atoms with E-state index in [4.69, 9.17) is 4.74 Å². The van der Waals surface area contributed by atoms with Crippen molar-refractivity contribution < 1.29 is 4.74 Å². The highest BCUT2D eigenvalue weighted by atomic mass is 32.1. The van der Waals surface area contributed by atoms with E-state index in [0.29, 0.717) is 6.10 Å². The van der Waals surface area contributed by atoms with Gasteiger partial charge in [-0.15, -0.1) is 11.3 Å². The van der Waals surface area contributed by atoms with Crippen LogP contribution in [0.2, 0.25) is 0 Å². The number of rotatable bonds is 3. The second-order valence-corrected chi connectivity index (χ2v) is 7.00. The van der Waals surface area contributed by atoms with Gasteiger partial charge in [-0.3, -0.25) is 0 Å². The van der Waals surface area contributed by atoms with Crippen molar-refractivity contribution in [2.75, 3.05) is 0 Å². The zero-order chi connectivity index (χ0) is 13.4. The Kier molecular flexibility index (Phi) is 3.15. The van der Waals surface area contributed by atoms with Crippen LogP contribution in [0.15, 0.2) is 29.9 Å². The predicted molar refractivity (Wildman–Crippen MR) is 80.8 cm³/mol. The zero-order valence-corrected chi connectivity index (χ0v) is 12.4. The molecule has 106 valence electrons. The van der Waals surface area contributed by atoms with E-state index in [1.165, 1.54) is 43.4 Å². The summed E-state index contributed by atoms with van der Waals surface area (Å²) in [6.45, 7) is 0.939. The van der Waals surface area contributed by atoms with E-state index >= 15 is 0 Å². The van der Waals surface area contributed by atoms with Crippen LogP contribution in [0, 0.1) is 0 Å². The summed E-state index contributed by atoms with van der Waals surface area (Å²) in [5.74, 6) is 1.08. The predicted octanol–water partition coefficient (Wildman–Crippen LogP) is 4.10. The van der Waals surface area contributed by atoms with Gasteiger partial charge in [0, 0.05) is 12.4 Å². The first-order valence-electron chi connectivity index (χ1n) is 7.58. The van der Waals surface area contributed by atoms with Crippen LogP contribution in [-0.4, -0.2) is 21.3 Å². The van der Waals surface area contributed by atoms with E-state index in [1.54, 1.807) is 11.3 Å². The number of aromatic nitrogens is 2. The van der Waals surface area contributed by atoms with Crippen molar-refractivity contribution in [3.8, 4) is 10.7 Å². The van der Waals surface area contributed by atoms with Gasteiger partial charge in [0.05, 0.1) is 23.1 Å². The third kappa shape index (κ3) is 2.21. The van der Waals surface area contributed by atoms with Gasteiger partial charge in [-0.05, 0) is 37.1 Å². The number of thiophene rings is 1. The highest BCUT2D eigenvalue weighted by Gasteiger charge is 2.42. The van der Waals surface area contributed by atoms with E-state index in [9.17, 15) is 0 Å². The number of ether oxygens (including phenoxy) is 1. The van der Waals surface area contributed by atoms with Crippen LogP contribution in [0.5, 0.6) is 0 Å². The lowest BCUT2D eigenvalue weighted by atomic mass is 9.98. The van der Waals surface area contributed by atoms with Crippen molar-refractivity contribution in [2.45, 2.75) is 56.8 Å². The Morgan fingerprint density at radius 3 is 3.05 bits per heavy atom. The van der Waals surface area contributed by atoms with Crippen molar-refractivity contribution >= 4 is 11.3 Å². The Bertz CT molecular complexity index is 569. The molecule has 20 heavy (non-hydrogen) atoms. The number of imidazole rings is 1. The second-order valence-electron chi connectivity index (χ2n) is 6.05. The number of nitrogens with zero attached hydrogens (tertiary/aromatic N) is 2. The average Bonchev–Trinajstić information content (AvgIpc) is 3.21. The molecule has 0 N–H and O–H groups in total. The standard InChI is InChI=1S/C16H20N2OS/c1-2-7-16(6-1)8-5-13(19-16)12-18-10-9-17-15(18)14-4-3-11-20-14/h3-4,9-11,13H,1-2,5-8,12H2. The lowest BCUT2D eigenvalue weighted by Gasteiger charge is -2.24. The van der Waals surface area contributed by atoms with E-state index in [1.807, 2.05) is 6.20 Å². The van der Waals surface area contributed by atoms with Crippen LogP contribution in [-0.2, 0) is 11.3 Å². The summed E-state index contributed by atoms with van der Waals surface area (Å²) in [4.78, 5) is 5.75. The average molecular weight is 288 g/mol. The van der Waals surface area contributed by atoms with E-state index in [-0.39, 0.29) is 5.60 Å². The summed E-state index contributed by atoms with van der Waals surface area (Å²) in [6.07, 6.45) is 12.0. The molecule has 4 heteroatoms. The minimum Gasteiger partial charge on any atom is -0.370 e. The minimum absolute atomic E-state index is 0.230. The van der Waals surface area contributed by atoms with Gasteiger partial charge in [0.2, 0.25) is 0 Å². The van der Waals surface area contributed by atoms with Crippen LogP contribution >= 0.6 is 11.3 Å². The summed E-state index contributed by atoms with van der Waals surface area (Å²) in [6, 6.07) is 4.22. The largest absolute Gasteiger partial charge is 0.370 e. The quantitative estimate of drug-likeness (QED) is 0.850. The molecule has 2 aromatic rings. The van der Waals surface area contributed by atoms with Gasteiger partial charge in [-0.25, -0.2) is 4.98 Å². The Labute approximate surface area is 123 Å². The van der Waals surface area contributed by atoms with Crippen molar-refractivity contribution in [1.29, 1.82) is 0 Å². The van der Waals surface area contributed by atoms with Gasteiger partial charge in [-0.1, -0.05) is 18.9 Å². The van der Waals surface area contributed by atoms with Crippen LogP contribution < -0.4 is 0 Å². The normalized spacial score (nSPS) is 24.7. The third-order valence-corrected chi connectivity index (χ3v) is 5.58. The zero-order valence-electron chi connectivity index (χ0n) is 11.6. The highest BCUT2D eigenvalue weighted by molar-refractivity contribution is 7.13. The maximum absolute atomic E-state index is 6.41. The van der Waals surface area contributed by atoms with Crippen LogP contribution in [0.25, 0.3) is 10.7 Å². The monoisotopic (exact) mass is 288 g/mol. The maximum Gasteiger partial charge on any atom is 0.150 e. The van der Waals surface area contributed by atoms with Crippen LogP contribution in [0.4, 0.5) is 0 Å². The fourth-order valence-electron chi connectivity index (χ4n) is 3.72. The highest BCUT2D eigenvalue weighted by Crippen LogP contribution is 2.43. The van der Waals surface area contributed by atoms with E-state index < -0.39 is 0 Å². The molecule has 3 nitrogen and oxygen atoms in total. The molecule has 0 bridgehead atoms. The van der Waals surface area contributed by atoms with Crippen LogP contribution in [0.1, 0.15) is 38.5 Å². The number of hydrogen-bond acceptors (Lipinski definition) is 3. The third-order valence-electron chi connectivity index (χ3n) is 4.71. The minimum atomic E-state index is 0.230. The van der Waals surface area contributed by atoms with E-state index in [0.717, 1.165) is 12.4 Å². The molecule has 3 heterocycles. The first kappa shape index (κ1) is 12.6. The van der Waals surface area contributed by atoms with Crippen molar-refractivity contribution in [1.82, 2.24) is 9.55 Å². The summed E-state index contributed by atoms with van der Waals surface area (Å²) in [5.41, 5.74) is 0.230. The molecule has 1 saturated carbocycles. The lowest BCUT2D eigenvalue weighted by molar-refractivity contribution is -0.0416. The second kappa shape index (κ2) is 5.01. The molecule has 2 fully saturated rings. The smallest absolute Gasteiger partial charge is 0.150 e. The molecule has 1 aliphatic heterocycles. The maximum atomic E-state index is 6.41. The molecule has 4 rings (SSSR count). The molecule has 1 atom stereocenters. The first-order chi connectivity index (χ1) is 9.85. The molecule has 1 aliphatic carbocycles. The van der Waals surface area contributed by atoms with Gasteiger partial charge in [0.25, 0.3) is 0 Å². The van der Waals surface area contributed by atoms with Crippen LogP contribution in [0.3, 0.4) is 0 Å². The van der Waals surface area contributed by atoms with Crippen molar-refractivity contribution in [3.05, 3.63) is 29.9 Å². The van der Waals surface area contributed by atoms with Crippen molar-refractivity contribution in [2.24, 2.45) is 0 Å². The summed E-state index contributed by atoms with van der Waals surface area (Å²) < 4.78 is 8.66. The van der Waals surface area contributed by atoms with Gasteiger partial charge < -0.3 is 9.30 Å². The summed E-state index contributed by atoms with van der Waals surface area (Å²) >= 11 is 1.75. The Morgan fingerprint density at radius 2 is 2.25 bits per heavy atom. The summed E-state index contributed by atoms with van der Waals surface area (Å²) in [7, 11) is 0. The SMILES string of the molecule is c1csc(-c2nccn2CC2CCC3(CCCC3)O2)c1. The molecular formula is C16H20N2OS. The molecule has 0 radical (unpaired) electrons. The van der Waals surface area contributed by atoms with Gasteiger partial charge >= 0.3 is 0 Å². The first-order valence-corrected chi connectivity index (χ1v) is 8.45. The Balaban J connectivity index is 1.49. The lowest BCUT2D eigenvalue weighted by Crippen LogP contribution is -2.26. The summed E-state index contributed by atoms with van der Waals surface area (Å²) in [5, 5.41) is 2.11. The van der Waals surface area contributed by atoms with Gasteiger partial charge in [0.15, 0.2) is 0 Å². The molecule has 1 unspecified atom stereocenters. The van der Waals surface area contributed by atoms with Crippen molar-refractivity contribution in [3.63, 3.8) is 0 Å². The molecule has 2 aliphatic rings. The number of hydrogen-bond donors (Lipinski definition) is 0. The molecule has 0 aromatic carbocycles. The molecule has 1 saturated heterocycles. The Hall–Kier alpha value is -1.13. The molecule has 0 amide bonds. The molecular weight excluding hydrogens is 268 g/mol. The molecule has 2 aromatic heterocycles. The topological polar surface area (TPSA) is 27.1 Å². The van der Waals surface area contributed by atoms with E-state index in [2.05, 4.69) is 33.3 Å². The fourth-order valence-corrected chi connectivity index (χ4v) is 4.45. The van der Waals surface area contributed by atoms with Gasteiger partial charge in [-0.2, -0.15) is 0 Å². The Morgan fingerprint density at radius 1 is 1.35 bits per heavy atom. The fraction of sp³-hybridized carbons (Fsp3) is 0.562. The molecule has 1 spiro atoms.